The van der Waals surface area contributed by atoms with Crippen LogP contribution in [0.2, 0.25) is 0 Å². The van der Waals surface area contributed by atoms with E-state index < -0.39 is 0 Å². The summed E-state index contributed by atoms with van der Waals surface area (Å²) in [6.45, 7) is 2.56. The Balaban J connectivity index is 2.17. The van der Waals surface area contributed by atoms with Gasteiger partial charge in [0.15, 0.2) is 0 Å². The quantitative estimate of drug-likeness (QED) is 0.822. The van der Waals surface area contributed by atoms with E-state index in [0.717, 1.165) is 22.0 Å². The average molecular weight is 232 g/mol. The van der Waals surface area contributed by atoms with Crippen molar-refractivity contribution in [2.75, 3.05) is 0 Å². The van der Waals surface area contributed by atoms with E-state index in [2.05, 4.69) is 4.98 Å². The predicted molar refractivity (Wildman–Crippen MR) is 64.5 cm³/mol. The fraction of sp³-hybridized carbons (Fsp3) is 0.250. The second-order valence-corrected chi connectivity index (χ2v) is 5.01. The Morgan fingerprint density at radius 1 is 1.44 bits per heavy atom. The molecule has 0 bridgehead atoms. The molecular weight excluding hydrogens is 220 g/mol. The van der Waals surface area contributed by atoms with Crippen molar-refractivity contribution in [1.29, 1.82) is 0 Å². The van der Waals surface area contributed by atoms with Gasteiger partial charge in [0.1, 0.15) is 17.4 Å². The van der Waals surface area contributed by atoms with Gasteiger partial charge in [-0.05, 0) is 19.1 Å². The Morgan fingerprint density at radius 3 is 3.06 bits per heavy atom. The zero-order chi connectivity index (χ0) is 11.1. The normalized spacial score (nSPS) is 14.9. The van der Waals surface area contributed by atoms with E-state index in [0.29, 0.717) is 6.61 Å². The molecule has 2 N–H and O–H groups in total. The summed E-state index contributed by atoms with van der Waals surface area (Å²) in [5.74, 6) is 0.913. The lowest BCUT2D eigenvalue weighted by atomic mass is 10.1. The molecule has 0 saturated carbocycles. The molecule has 1 aliphatic rings. The molecule has 2 heterocycles. The highest BCUT2D eigenvalue weighted by Crippen LogP contribution is 2.39. The summed E-state index contributed by atoms with van der Waals surface area (Å²) in [7, 11) is 0. The SMILES string of the molecule is CC(N)c1nc2c(s1)COc1ccccc1-2. The first-order chi connectivity index (χ1) is 7.75. The summed E-state index contributed by atoms with van der Waals surface area (Å²) >= 11 is 1.65. The Labute approximate surface area is 97.9 Å². The van der Waals surface area contributed by atoms with E-state index in [-0.39, 0.29) is 6.04 Å². The average Bonchev–Trinajstić information content (AvgIpc) is 2.73. The van der Waals surface area contributed by atoms with Crippen LogP contribution in [-0.2, 0) is 6.61 Å². The number of hydrogen-bond donors (Lipinski definition) is 1. The van der Waals surface area contributed by atoms with Crippen molar-refractivity contribution >= 4 is 11.3 Å². The van der Waals surface area contributed by atoms with Crippen LogP contribution >= 0.6 is 11.3 Å². The molecule has 2 aromatic rings. The van der Waals surface area contributed by atoms with Crippen molar-refractivity contribution in [2.24, 2.45) is 5.73 Å². The molecule has 0 aliphatic carbocycles. The van der Waals surface area contributed by atoms with Crippen molar-refractivity contribution in [1.82, 2.24) is 4.98 Å². The van der Waals surface area contributed by atoms with Crippen molar-refractivity contribution in [3.8, 4) is 17.0 Å². The Hall–Kier alpha value is -1.39. The molecule has 0 amide bonds. The van der Waals surface area contributed by atoms with Gasteiger partial charge in [-0.25, -0.2) is 4.98 Å². The lowest BCUT2D eigenvalue weighted by Crippen LogP contribution is -2.04. The zero-order valence-electron chi connectivity index (χ0n) is 8.93. The van der Waals surface area contributed by atoms with E-state index in [9.17, 15) is 0 Å². The van der Waals surface area contributed by atoms with Crippen LogP contribution in [-0.4, -0.2) is 4.98 Å². The highest BCUT2D eigenvalue weighted by molar-refractivity contribution is 7.12. The van der Waals surface area contributed by atoms with Crippen molar-refractivity contribution in [2.45, 2.75) is 19.6 Å². The minimum absolute atomic E-state index is 0.0113. The summed E-state index contributed by atoms with van der Waals surface area (Å²) in [5, 5.41) is 0.977. The van der Waals surface area contributed by atoms with Gasteiger partial charge in [0.25, 0.3) is 0 Å². The van der Waals surface area contributed by atoms with Crippen LogP contribution in [0.3, 0.4) is 0 Å². The maximum absolute atomic E-state index is 5.85. The first-order valence-electron chi connectivity index (χ1n) is 5.23. The van der Waals surface area contributed by atoms with Crippen molar-refractivity contribution in [3.05, 3.63) is 34.2 Å². The summed E-state index contributed by atoms with van der Waals surface area (Å²) in [6.07, 6.45) is 0. The van der Waals surface area contributed by atoms with Gasteiger partial charge in [0.05, 0.1) is 16.6 Å². The third kappa shape index (κ3) is 1.42. The minimum atomic E-state index is -0.0113. The molecule has 0 fully saturated rings. The number of nitrogens with two attached hydrogens (primary N) is 1. The molecule has 3 nitrogen and oxygen atoms in total. The summed E-state index contributed by atoms with van der Waals surface area (Å²) in [5.41, 5.74) is 7.97. The smallest absolute Gasteiger partial charge is 0.129 e. The number of para-hydroxylation sites is 1. The van der Waals surface area contributed by atoms with Gasteiger partial charge >= 0.3 is 0 Å². The van der Waals surface area contributed by atoms with Crippen LogP contribution in [0.1, 0.15) is 22.9 Å². The fourth-order valence-electron chi connectivity index (χ4n) is 1.80. The van der Waals surface area contributed by atoms with Crippen LogP contribution in [0.4, 0.5) is 0 Å². The maximum atomic E-state index is 5.85. The van der Waals surface area contributed by atoms with Crippen molar-refractivity contribution in [3.63, 3.8) is 0 Å². The first-order valence-corrected chi connectivity index (χ1v) is 6.05. The number of hydrogen-bond acceptors (Lipinski definition) is 4. The fourth-order valence-corrected chi connectivity index (χ4v) is 2.75. The lowest BCUT2D eigenvalue weighted by Gasteiger charge is -2.15. The van der Waals surface area contributed by atoms with Crippen LogP contribution in [0.25, 0.3) is 11.3 Å². The number of fused-ring (bicyclic) bond motifs is 3. The van der Waals surface area contributed by atoms with Gasteiger partial charge in [-0.3, -0.25) is 0 Å². The molecule has 0 radical (unpaired) electrons. The second kappa shape index (κ2) is 3.57. The standard InChI is InChI=1S/C12H12N2OS/c1-7(13)12-14-11-8-4-2-3-5-9(8)15-6-10(11)16-12/h2-5,7H,6,13H2,1H3. The van der Waals surface area contributed by atoms with Gasteiger partial charge in [-0.2, -0.15) is 0 Å². The molecular formula is C12H12N2OS. The van der Waals surface area contributed by atoms with Gasteiger partial charge < -0.3 is 10.5 Å². The predicted octanol–water partition coefficient (Wildman–Crippen LogP) is 2.72. The lowest BCUT2D eigenvalue weighted by molar-refractivity contribution is 0.305. The topological polar surface area (TPSA) is 48.1 Å². The number of ether oxygens (including phenoxy) is 1. The first kappa shape index (κ1) is 9.81. The molecule has 1 unspecified atom stereocenters. The number of rotatable bonds is 1. The van der Waals surface area contributed by atoms with Crippen LogP contribution in [0.5, 0.6) is 5.75 Å². The Morgan fingerprint density at radius 2 is 2.25 bits per heavy atom. The van der Waals surface area contributed by atoms with Gasteiger partial charge in [0.2, 0.25) is 0 Å². The second-order valence-electron chi connectivity index (χ2n) is 3.90. The van der Waals surface area contributed by atoms with E-state index in [1.54, 1.807) is 11.3 Å². The summed E-state index contributed by atoms with van der Waals surface area (Å²) in [6, 6.07) is 7.98. The third-order valence-electron chi connectivity index (χ3n) is 2.60. The molecule has 0 spiro atoms. The molecule has 1 aliphatic heterocycles. The summed E-state index contributed by atoms with van der Waals surface area (Å²) < 4.78 is 5.67. The molecule has 0 saturated heterocycles. The van der Waals surface area contributed by atoms with Crippen LogP contribution < -0.4 is 10.5 Å². The van der Waals surface area contributed by atoms with E-state index >= 15 is 0 Å². The number of benzene rings is 1. The molecule has 82 valence electrons. The highest BCUT2D eigenvalue weighted by Gasteiger charge is 2.22. The Bertz CT molecular complexity index is 534. The van der Waals surface area contributed by atoms with E-state index in [4.69, 9.17) is 10.5 Å². The monoisotopic (exact) mass is 232 g/mol. The minimum Gasteiger partial charge on any atom is -0.487 e. The van der Waals surface area contributed by atoms with Crippen LogP contribution in [0.15, 0.2) is 24.3 Å². The third-order valence-corrected chi connectivity index (χ3v) is 3.83. The molecule has 4 heteroatoms. The number of thiazole rings is 1. The maximum Gasteiger partial charge on any atom is 0.129 e. The number of aromatic nitrogens is 1. The van der Waals surface area contributed by atoms with Gasteiger partial charge in [-0.15, -0.1) is 11.3 Å². The number of nitrogens with zero attached hydrogens (tertiary/aromatic N) is 1. The molecule has 16 heavy (non-hydrogen) atoms. The zero-order valence-corrected chi connectivity index (χ0v) is 9.75. The van der Waals surface area contributed by atoms with Crippen molar-refractivity contribution < 1.29 is 4.74 Å². The van der Waals surface area contributed by atoms with Gasteiger partial charge in [-0.1, -0.05) is 12.1 Å². The largest absolute Gasteiger partial charge is 0.487 e. The highest BCUT2D eigenvalue weighted by atomic mass is 32.1. The van der Waals surface area contributed by atoms with E-state index in [1.807, 2.05) is 31.2 Å². The Kier molecular flexibility index (Phi) is 2.19. The molecule has 1 aromatic heterocycles. The molecule has 1 atom stereocenters. The summed E-state index contributed by atoms with van der Waals surface area (Å²) in [4.78, 5) is 5.78. The van der Waals surface area contributed by atoms with Gasteiger partial charge in [0, 0.05) is 5.56 Å². The molecule has 1 aromatic carbocycles. The molecule has 3 rings (SSSR count). The van der Waals surface area contributed by atoms with Crippen LogP contribution in [0, 0.1) is 0 Å². The van der Waals surface area contributed by atoms with E-state index in [1.165, 1.54) is 4.88 Å².